The van der Waals surface area contributed by atoms with Crippen LogP contribution in [0.15, 0.2) is 65.3 Å². The van der Waals surface area contributed by atoms with Gasteiger partial charge in [-0.05, 0) is 34.5 Å². The van der Waals surface area contributed by atoms with Gasteiger partial charge in [0, 0.05) is 17.5 Å². The lowest BCUT2D eigenvalue weighted by molar-refractivity contribution is -0.120. The maximum absolute atomic E-state index is 12.5. The molecule has 0 spiro atoms. The van der Waals surface area contributed by atoms with E-state index in [0.29, 0.717) is 5.56 Å². The number of methoxy groups -OCH3 is 1. The molecular weight excluding hydrogens is 392 g/mol. The molecule has 4 aromatic rings. The fourth-order valence-corrected chi connectivity index (χ4v) is 3.46. The highest BCUT2D eigenvalue weighted by molar-refractivity contribution is 6.08. The number of hydrogen-bond donors (Lipinski definition) is 1. The smallest absolute Gasteiger partial charge is 0.387 e. The molecular formula is C23H19F2NO4. The van der Waals surface area contributed by atoms with Gasteiger partial charge in [-0.25, -0.2) is 0 Å². The first-order chi connectivity index (χ1) is 14.5. The second kappa shape index (κ2) is 8.41. The van der Waals surface area contributed by atoms with Gasteiger partial charge in [-0.15, -0.1) is 0 Å². The first-order valence-electron chi connectivity index (χ1n) is 9.31. The van der Waals surface area contributed by atoms with Crippen molar-refractivity contribution >= 4 is 27.6 Å². The van der Waals surface area contributed by atoms with Gasteiger partial charge in [-0.2, -0.15) is 8.78 Å². The number of hydrogen-bond acceptors (Lipinski definition) is 4. The van der Waals surface area contributed by atoms with Crippen molar-refractivity contribution in [2.75, 3.05) is 7.11 Å². The number of nitrogens with one attached hydrogen (secondary N) is 1. The van der Waals surface area contributed by atoms with Crippen molar-refractivity contribution in [2.24, 2.45) is 0 Å². The van der Waals surface area contributed by atoms with Crippen molar-refractivity contribution < 1.29 is 27.5 Å². The summed E-state index contributed by atoms with van der Waals surface area (Å²) in [5.41, 5.74) is 2.23. The lowest BCUT2D eigenvalue weighted by atomic mass is 10.0. The van der Waals surface area contributed by atoms with Crippen LogP contribution in [0.4, 0.5) is 8.78 Å². The molecule has 1 aromatic heterocycles. The Labute approximate surface area is 171 Å². The van der Waals surface area contributed by atoms with E-state index in [0.717, 1.165) is 27.3 Å². The second-order valence-electron chi connectivity index (χ2n) is 6.74. The number of carbonyl (C=O) groups is 1. The molecule has 7 heteroatoms. The molecule has 0 saturated heterocycles. The van der Waals surface area contributed by atoms with Crippen molar-refractivity contribution in [1.82, 2.24) is 5.32 Å². The largest absolute Gasteiger partial charge is 0.493 e. The van der Waals surface area contributed by atoms with E-state index >= 15 is 0 Å². The highest BCUT2D eigenvalue weighted by Gasteiger charge is 2.14. The van der Waals surface area contributed by atoms with Gasteiger partial charge in [-0.3, -0.25) is 4.79 Å². The summed E-state index contributed by atoms with van der Waals surface area (Å²) in [5, 5.41) is 5.87. The Morgan fingerprint density at radius 3 is 2.73 bits per heavy atom. The average molecular weight is 411 g/mol. The van der Waals surface area contributed by atoms with E-state index in [9.17, 15) is 13.6 Å². The van der Waals surface area contributed by atoms with Gasteiger partial charge in [0.1, 0.15) is 5.58 Å². The molecule has 1 amide bonds. The number of carbonyl (C=O) groups excluding carboxylic acids is 1. The standard InChI is InChI=1S/C23H19F2NO4/c1-28-20-10-14(6-8-18(20)30-23(24)25)12-26-21(27)11-16-13-29-19-9-7-15-4-2-3-5-17(15)22(16)19/h2-10,13,23H,11-12H2,1H3,(H,26,27). The number of rotatable bonds is 7. The van der Waals surface area contributed by atoms with Crippen molar-refractivity contribution in [3.63, 3.8) is 0 Å². The second-order valence-corrected chi connectivity index (χ2v) is 6.74. The summed E-state index contributed by atoms with van der Waals surface area (Å²) >= 11 is 0. The zero-order valence-corrected chi connectivity index (χ0v) is 16.2. The van der Waals surface area contributed by atoms with E-state index < -0.39 is 6.61 Å². The third-order valence-electron chi connectivity index (χ3n) is 4.82. The number of halogens is 2. The van der Waals surface area contributed by atoms with Crippen LogP contribution in [0.3, 0.4) is 0 Å². The van der Waals surface area contributed by atoms with E-state index in [2.05, 4.69) is 10.1 Å². The van der Waals surface area contributed by atoms with Gasteiger partial charge in [0.25, 0.3) is 0 Å². The Hall–Kier alpha value is -3.61. The molecule has 0 fully saturated rings. The number of amides is 1. The minimum Gasteiger partial charge on any atom is -0.493 e. The molecule has 0 unspecified atom stereocenters. The van der Waals surface area contributed by atoms with Gasteiger partial charge >= 0.3 is 6.61 Å². The molecule has 30 heavy (non-hydrogen) atoms. The molecule has 0 bridgehead atoms. The van der Waals surface area contributed by atoms with Crippen LogP contribution in [-0.2, 0) is 17.8 Å². The number of alkyl halides is 2. The van der Waals surface area contributed by atoms with Crippen LogP contribution < -0.4 is 14.8 Å². The van der Waals surface area contributed by atoms with Gasteiger partial charge < -0.3 is 19.2 Å². The number of ether oxygens (including phenoxy) is 2. The summed E-state index contributed by atoms with van der Waals surface area (Å²) in [5.74, 6) is -0.0637. The summed E-state index contributed by atoms with van der Waals surface area (Å²) in [4.78, 5) is 12.5. The van der Waals surface area contributed by atoms with E-state index in [-0.39, 0.29) is 30.4 Å². The van der Waals surface area contributed by atoms with Crippen LogP contribution in [0, 0.1) is 0 Å². The fraction of sp³-hybridized carbons (Fsp3) is 0.174. The van der Waals surface area contributed by atoms with Crippen molar-refractivity contribution in [1.29, 1.82) is 0 Å². The SMILES string of the molecule is COc1cc(CNC(=O)Cc2coc3ccc4ccccc4c23)ccc1OC(F)F. The number of benzene rings is 3. The Bertz CT molecular complexity index is 1200. The molecule has 4 rings (SSSR count). The summed E-state index contributed by atoms with van der Waals surface area (Å²) in [6, 6.07) is 16.4. The van der Waals surface area contributed by atoms with Crippen molar-refractivity contribution in [3.8, 4) is 11.5 Å². The maximum atomic E-state index is 12.5. The third kappa shape index (κ3) is 4.05. The van der Waals surface area contributed by atoms with Crippen LogP contribution in [0.1, 0.15) is 11.1 Å². The minimum absolute atomic E-state index is 0.0562. The zero-order chi connectivity index (χ0) is 21.1. The van der Waals surface area contributed by atoms with E-state index in [1.165, 1.54) is 13.2 Å². The van der Waals surface area contributed by atoms with Crippen molar-refractivity contribution in [3.05, 3.63) is 72.0 Å². The molecule has 3 aromatic carbocycles. The summed E-state index contributed by atoms with van der Waals surface area (Å²) in [7, 11) is 1.37. The van der Waals surface area contributed by atoms with E-state index in [1.807, 2.05) is 36.4 Å². The molecule has 0 radical (unpaired) electrons. The monoisotopic (exact) mass is 411 g/mol. The Morgan fingerprint density at radius 2 is 1.93 bits per heavy atom. The molecule has 1 N–H and O–H groups in total. The van der Waals surface area contributed by atoms with Crippen molar-refractivity contribution in [2.45, 2.75) is 19.6 Å². The van der Waals surface area contributed by atoms with Crippen LogP contribution in [-0.4, -0.2) is 19.6 Å². The molecule has 0 aliphatic carbocycles. The number of fused-ring (bicyclic) bond motifs is 3. The predicted molar refractivity (Wildman–Crippen MR) is 109 cm³/mol. The molecule has 1 heterocycles. The zero-order valence-electron chi connectivity index (χ0n) is 16.2. The normalized spacial score (nSPS) is 11.2. The molecule has 0 atom stereocenters. The van der Waals surface area contributed by atoms with Gasteiger partial charge in [0.05, 0.1) is 19.8 Å². The van der Waals surface area contributed by atoms with E-state index in [1.54, 1.807) is 18.4 Å². The minimum atomic E-state index is -2.94. The van der Waals surface area contributed by atoms with Crippen LogP contribution in [0.2, 0.25) is 0 Å². The van der Waals surface area contributed by atoms with Crippen LogP contribution >= 0.6 is 0 Å². The predicted octanol–water partition coefficient (Wildman–Crippen LogP) is 5.05. The van der Waals surface area contributed by atoms with Gasteiger partial charge in [-0.1, -0.05) is 36.4 Å². The molecule has 0 aliphatic rings. The van der Waals surface area contributed by atoms with E-state index in [4.69, 9.17) is 9.15 Å². The van der Waals surface area contributed by atoms with Crippen LogP contribution in [0.5, 0.6) is 11.5 Å². The lowest BCUT2D eigenvalue weighted by Crippen LogP contribution is -2.24. The Balaban J connectivity index is 1.47. The van der Waals surface area contributed by atoms with Gasteiger partial charge in [0.15, 0.2) is 11.5 Å². The Morgan fingerprint density at radius 1 is 1.10 bits per heavy atom. The topological polar surface area (TPSA) is 60.7 Å². The average Bonchev–Trinajstić information content (AvgIpc) is 3.15. The Kier molecular flexibility index (Phi) is 5.52. The lowest BCUT2D eigenvalue weighted by Gasteiger charge is -2.12. The first kappa shape index (κ1) is 19.7. The highest BCUT2D eigenvalue weighted by Crippen LogP contribution is 2.31. The van der Waals surface area contributed by atoms with Gasteiger partial charge in [0.2, 0.25) is 5.91 Å². The van der Waals surface area contributed by atoms with Crippen LogP contribution in [0.25, 0.3) is 21.7 Å². The molecule has 0 aliphatic heterocycles. The first-order valence-corrected chi connectivity index (χ1v) is 9.31. The third-order valence-corrected chi connectivity index (χ3v) is 4.82. The fourth-order valence-electron chi connectivity index (χ4n) is 3.46. The molecule has 5 nitrogen and oxygen atoms in total. The summed E-state index contributed by atoms with van der Waals surface area (Å²) in [6.07, 6.45) is 1.76. The highest BCUT2D eigenvalue weighted by atomic mass is 19.3. The quantitative estimate of drug-likeness (QED) is 0.462. The molecule has 0 saturated carbocycles. The summed E-state index contributed by atoms with van der Waals surface area (Å²) in [6.45, 7) is -2.72. The molecule has 154 valence electrons. The number of furan rings is 1. The summed E-state index contributed by atoms with van der Waals surface area (Å²) < 4.78 is 40.0. The maximum Gasteiger partial charge on any atom is 0.387 e.